The summed E-state index contributed by atoms with van der Waals surface area (Å²) in [6, 6.07) is 8.58. The molecule has 0 unspecified atom stereocenters. The highest BCUT2D eigenvalue weighted by atomic mass is 16.1. The molecular formula is C13H19NO. The average Bonchev–Trinajstić information content (AvgIpc) is 2.18. The maximum absolute atomic E-state index is 10.6. The second kappa shape index (κ2) is 5.54. The Morgan fingerprint density at radius 2 is 1.87 bits per heavy atom. The summed E-state index contributed by atoms with van der Waals surface area (Å²) in [5.74, 6) is 0.360. The summed E-state index contributed by atoms with van der Waals surface area (Å²) in [5, 5.41) is 0. The lowest BCUT2D eigenvalue weighted by Crippen LogP contribution is -2.10. The second-order valence-electron chi connectivity index (χ2n) is 4.22. The second-order valence-corrected chi connectivity index (χ2v) is 4.22. The molecule has 2 heteroatoms. The number of carbonyl (C=O) groups excluding carboxylic acids is 1. The average molecular weight is 205 g/mol. The van der Waals surface area contributed by atoms with Gasteiger partial charge in [-0.3, -0.25) is 4.79 Å². The first-order chi connectivity index (χ1) is 7.09. The monoisotopic (exact) mass is 205 g/mol. The molecule has 0 aliphatic carbocycles. The number of hydrogen-bond acceptors (Lipinski definition) is 1. The Morgan fingerprint density at radius 1 is 1.27 bits per heavy atom. The molecule has 0 aliphatic rings. The number of nitrogens with two attached hydrogens (primary N) is 1. The van der Waals surface area contributed by atoms with E-state index in [1.807, 2.05) is 0 Å². The van der Waals surface area contributed by atoms with Gasteiger partial charge in [-0.2, -0.15) is 0 Å². The lowest BCUT2D eigenvalue weighted by molar-refractivity contribution is -0.118. The maximum Gasteiger partial charge on any atom is 0.217 e. The standard InChI is InChI=1S/C13H19NO/c1-10(2)12-8-6-11(7-9-12)4-3-5-13(14)15/h6-10H,3-5H2,1-2H3,(H2,14,15). The highest BCUT2D eigenvalue weighted by molar-refractivity contribution is 5.73. The predicted molar refractivity (Wildman–Crippen MR) is 62.7 cm³/mol. The summed E-state index contributed by atoms with van der Waals surface area (Å²) < 4.78 is 0. The highest BCUT2D eigenvalue weighted by Gasteiger charge is 2.00. The highest BCUT2D eigenvalue weighted by Crippen LogP contribution is 2.15. The van der Waals surface area contributed by atoms with Crippen LogP contribution in [0.1, 0.15) is 43.7 Å². The smallest absolute Gasteiger partial charge is 0.217 e. The number of amides is 1. The zero-order valence-electron chi connectivity index (χ0n) is 9.49. The molecule has 82 valence electrons. The van der Waals surface area contributed by atoms with E-state index in [0.717, 1.165) is 12.8 Å². The molecule has 1 amide bonds. The third-order valence-corrected chi connectivity index (χ3v) is 2.54. The Morgan fingerprint density at radius 3 is 2.33 bits per heavy atom. The van der Waals surface area contributed by atoms with Crippen molar-refractivity contribution in [1.29, 1.82) is 0 Å². The molecule has 1 aromatic rings. The van der Waals surface area contributed by atoms with Crippen molar-refractivity contribution in [3.05, 3.63) is 35.4 Å². The molecule has 2 nitrogen and oxygen atoms in total. The van der Waals surface area contributed by atoms with Gasteiger partial charge in [0.25, 0.3) is 0 Å². The fraction of sp³-hybridized carbons (Fsp3) is 0.462. The van der Waals surface area contributed by atoms with E-state index in [1.54, 1.807) is 0 Å². The van der Waals surface area contributed by atoms with E-state index in [4.69, 9.17) is 5.73 Å². The van der Waals surface area contributed by atoms with Gasteiger partial charge in [0.05, 0.1) is 0 Å². The normalized spacial score (nSPS) is 10.6. The molecule has 0 saturated heterocycles. The van der Waals surface area contributed by atoms with E-state index in [2.05, 4.69) is 38.1 Å². The van der Waals surface area contributed by atoms with Crippen molar-refractivity contribution in [3.63, 3.8) is 0 Å². The van der Waals surface area contributed by atoms with Crippen LogP contribution in [0, 0.1) is 0 Å². The first-order valence-electron chi connectivity index (χ1n) is 5.46. The molecule has 0 aliphatic heterocycles. The summed E-state index contributed by atoms with van der Waals surface area (Å²) in [6.07, 6.45) is 2.25. The van der Waals surface area contributed by atoms with Gasteiger partial charge in [-0.1, -0.05) is 38.1 Å². The molecule has 15 heavy (non-hydrogen) atoms. The predicted octanol–water partition coefficient (Wildman–Crippen LogP) is 2.62. The van der Waals surface area contributed by atoms with Gasteiger partial charge in [0, 0.05) is 6.42 Å². The minimum Gasteiger partial charge on any atom is -0.370 e. The summed E-state index contributed by atoms with van der Waals surface area (Å²) in [7, 11) is 0. The molecule has 1 aromatic carbocycles. The molecule has 0 radical (unpaired) electrons. The topological polar surface area (TPSA) is 43.1 Å². The van der Waals surface area contributed by atoms with Crippen LogP contribution in [-0.4, -0.2) is 5.91 Å². The van der Waals surface area contributed by atoms with Gasteiger partial charge in [0.15, 0.2) is 0 Å². The molecule has 0 aromatic heterocycles. The zero-order chi connectivity index (χ0) is 11.3. The summed E-state index contributed by atoms with van der Waals surface area (Å²) in [4.78, 5) is 10.6. The Labute approximate surface area is 91.5 Å². The number of primary amides is 1. The zero-order valence-corrected chi connectivity index (χ0v) is 9.49. The van der Waals surface area contributed by atoms with Gasteiger partial charge >= 0.3 is 0 Å². The quantitative estimate of drug-likeness (QED) is 0.789. The van der Waals surface area contributed by atoms with Crippen LogP contribution in [0.2, 0.25) is 0 Å². The van der Waals surface area contributed by atoms with E-state index < -0.39 is 0 Å². The molecule has 0 saturated carbocycles. The fourth-order valence-electron chi connectivity index (χ4n) is 1.54. The molecule has 0 heterocycles. The lowest BCUT2D eigenvalue weighted by Gasteiger charge is -2.06. The van der Waals surface area contributed by atoms with E-state index in [9.17, 15) is 4.79 Å². The summed E-state index contributed by atoms with van der Waals surface area (Å²) in [6.45, 7) is 4.37. The SMILES string of the molecule is CC(C)c1ccc(CCCC(N)=O)cc1. The molecule has 2 N–H and O–H groups in total. The minimum atomic E-state index is -0.214. The number of rotatable bonds is 5. The van der Waals surface area contributed by atoms with Crippen LogP contribution in [0.5, 0.6) is 0 Å². The number of benzene rings is 1. The molecule has 0 bridgehead atoms. The largest absolute Gasteiger partial charge is 0.370 e. The van der Waals surface area contributed by atoms with Crippen LogP contribution in [-0.2, 0) is 11.2 Å². The van der Waals surface area contributed by atoms with Crippen LogP contribution in [0.15, 0.2) is 24.3 Å². The van der Waals surface area contributed by atoms with Crippen LogP contribution in [0.4, 0.5) is 0 Å². The molecular weight excluding hydrogens is 186 g/mol. The van der Waals surface area contributed by atoms with Crippen LogP contribution in [0.3, 0.4) is 0 Å². The van der Waals surface area contributed by atoms with Gasteiger partial charge in [-0.15, -0.1) is 0 Å². The van der Waals surface area contributed by atoms with Gasteiger partial charge in [0.2, 0.25) is 5.91 Å². The summed E-state index contributed by atoms with van der Waals surface area (Å²) >= 11 is 0. The van der Waals surface area contributed by atoms with Crippen LogP contribution in [0.25, 0.3) is 0 Å². The van der Waals surface area contributed by atoms with Gasteiger partial charge in [0.1, 0.15) is 0 Å². The van der Waals surface area contributed by atoms with Crippen molar-refractivity contribution in [2.75, 3.05) is 0 Å². The minimum absolute atomic E-state index is 0.214. The number of aryl methyl sites for hydroxylation is 1. The van der Waals surface area contributed by atoms with Crippen molar-refractivity contribution >= 4 is 5.91 Å². The molecule has 1 rings (SSSR count). The third-order valence-electron chi connectivity index (χ3n) is 2.54. The van der Waals surface area contributed by atoms with Crippen molar-refractivity contribution in [2.45, 2.75) is 39.0 Å². The summed E-state index contributed by atoms with van der Waals surface area (Å²) in [5.41, 5.74) is 7.72. The lowest BCUT2D eigenvalue weighted by atomic mass is 10.00. The van der Waals surface area contributed by atoms with E-state index in [-0.39, 0.29) is 5.91 Å². The van der Waals surface area contributed by atoms with E-state index in [0.29, 0.717) is 12.3 Å². The Bertz CT molecular complexity index is 314. The maximum atomic E-state index is 10.6. The van der Waals surface area contributed by atoms with Gasteiger partial charge in [-0.25, -0.2) is 0 Å². The molecule has 0 fully saturated rings. The number of hydrogen-bond donors (Lipinski definition) is 1. The van der Waals surface area contributed by atoms with Crippen molar-refractivity contribution < 1.29 is 4.79 Å². The van der Waals surface area contributed by atoms with Crippen LogP contribution < -0.4 is 5.73 Å². The Balaban J connectivity index is 2.46. The van der Waals surface area contributed by atoms with Crippen LogP contribution >= 0.6 is 0 Å². The van der Waals surface area contributed by atoms with Crippen molar-refractivity contribution in [2.24, 2.45) is 5.73 Å². The molecule has 0 spiro atoms. The molecule has 0 atom stereocenters. The number of carbonyl (C=O) groups is 1. The van der Waals surface area contributed by atoms with Gasteiger partial charge < -0.3 is 5.73 Å². The fourth-order valence-corrected chi connectivity index (χ4v) is 1.54. The third kappa shape index (κ3) is 4.15. The first kappa shape index (κ1) is 11.8. The van der Waals surface area contributed by atoms with E-state index in [1.165, 1.54) is 11.1 Å². The van der Waals surface area contributed by atoms with Crippen molar-refractivity contribution in [3.8, 4) is 0 Å². The first-order valence-corrected chi connectivity index (χ1v) is 5.46. The van der Waals surface area contributed by atoms with E-state index >= 15 is 0 Å². The van der Waals surface area contributed by atoms with Gasteiger partial charge in [-0.05, 0) is 29.9 Å². The van der Waals surface area contributed by atoms with Crippen molar-refractivity contribution in [1.82, 2.24) is 0 Å². The Hall–Kier alpha value is -1.31. The Kier molecular flexibility index (Phi) is 4.35.